The Hall–Kier alpha value is -3.27. The van der Waals surface area contributed by atoms with Crippen LogP contribution in [0.2, 0.25) is 0 Å². The Morgan fingerprint density at radius 1 is 0.325 bits per heavy atom. The van der Waals surface area contributed by atoms with Crippen LogP contribution in [0.4, 0.5) is 0 Å². The van der Waals surface area contributed by atoms with Gasteiger partial charge in [-0.2, -0.15) is 0 Å². The second-order valence-corrected chi connectivity index (χ2v) is 27.5. The molecule has 30 N–H and O–H groups in total. The standard InChI is InChI=1S/C23H40N2O14.C19H36N2O12.C19H34O14.C3H7NO.CH5N.CH4O/c1-9(29)24-17-12(31)4-11(6-26)35-23(17)39-20-13(32)5-16(36-14(20)7-27)38-21-15(8-28)37-22(34-3)18(19(21)33)25-10(2)30;1-28-18-14(21)15(27)17(11(6-24)31-18)32-12-3-9(26)16(10(5-23)30-12)33-19-13(20)8(25)2-7(4-22)29-19;1-28-18-15(27)14(26)17(11(6-22)31-18)32-12-3-9(24)16(10(5-21)30-12)33-19-13(25)8(23)2-7(4-20)29-19;1-3(5)4-2;2*1-2/h11-23,26-28,31-33H,4-8H2,1-3H3,(H,24,29)(H,25,30);7-19,22-27H,2-6,20-21H2,1H3;7-27H,2-6H2,1H3;1-2H3,(H,4,5);2H2,1H3;2H,1H3/t11-,12?,13?,14?,15+,16+,17?,18?,19?,20+,21-,22-,23+;2*7-,8?,9?,10?,11+,12+,13?,14?,15?,16+,17-,18-,19+;;;/m111.../s1. The van der Waals surface area contributed by atoms with Gasteiger partial charge in [0.25, 0.3) is 0 Å². The van der Waals surface area contributed by atoms with Gasteiger partial charge in [-0.1, -0.05) is 0 Å². The summed E-state index contributed by atoms with van der Waals surface area (Å²) in [4.78, 5) is 33.0. The van der Waals surface area contributed by atoms with Gasteiger partial charge < -0.3 is 226 Å². The lowest BCUT2D eigenvalue weighted by Crippen LogP contribution is -2.66. The van der Waals surface area contributed by atoms with E-state index in [0.717, 1.165) is 7.11 Å². The second kappa shape index (κ2) is 51.5. The Kier molecular flexibility index (Phi) is 46.6. The van der Waals surface area contributed by atoms with Crippen molar-refractivity contribution in [2.45, 2.75) is 299 Å². The highest BCUT2D eigenvalue weighted by Gasteiger charge is 2.55. The highest BCUT2D eigenvalue weighted by Crippen LogP contribution is 2.37. The number of nitrogens with one attached hydrogen (secondary N) is 3. The first kappa shape index (κ1) is 103. The fourth-order valence-corrected chi connectivity index (χ4v) is 13.5. The van der Waals surface area contributed by atoms with Crippen LogP contribution in [0, 0.1) is 0 Å². The Morgan fingerprint density at radius 2 is 0.649 bits per heavy atom. The third kappa shape index (κ3) is 28.4. The summed E-state index contributed by atoms with van der Waals surface area (Å²) in [5.41, 5.74) is 16.4. The van der Waals surface area contributed by atoms with Gasteiger partial charge in [0, 0.05) is 94.8 Å². The number of carbonyl (C=O) groups is 3. The first-order valence-electron chi connectivity index (χ1n) is 36.9. The molecule has 9 saturated heterocycles. The van der Waals surface area contributed by atoms with Crippen LogP contribution < -0.4 is 33.2 Å². The zero-order chi connectivity index (χ0) is 85.7. The molecular weight excluding hydrogens is 1550 g/mol. The predicted molar refractivity (Wildman–Crippen MR) is 375 cm³/mol. The molecule has 18 unspecified atom stereocenters. The molecule has 0 spiro atoms. The minimum absolute atomic E-state index is 0.00463. The van der Waals surface area contributed by atoms with Gasteiger partial charge in [-0.15, -0.1) is 0 Å². The van der Waals surface area contributed by atoms with E-state index in [1.54, 1.807) is 7.05 Å². The zero-order valence-corrected chi connectivity index (χ0v) is 64.8. The number of aliphatic hydroxyl groups excluding tert-OH is 21. The number of carbonyl (C=O) groups excluding carboxylic acids is 3. The van der Waals surface area contributed by atoms with E-state index in [1.165, 1.54) is 49.1 Å². The van der Waals surface area contributed by atoms with Crippen LogP contribution in [0.15, 0.2) is 0 Å². The van der Waals surface area contributed by atoms with Crippen molar-refractivity contribution in [1.29, 1.82) is 0 Å². The Labute approximate surface area is 656 Å². The molecule has 0 aromatic rings. The number of amides is 3. The van der Waals surface area contributed by atoms with Crippen molar-refractivity contribution in [3.8, 4) is 0 Å². The molecular formula is C66H126N6O42. The van der Waals surface area contributed by atoms with E-state index in [-0.39, 0.29) is 51.0 Å². The monoisotopic (exact) mass is 1670 g/mol. The summed E-state index contributed by atoms with van der Waals surface area (Å²) in [6.45, 7) is -0.693. The van der Waals surface area contributed by atoms with Gasteiger partial charge in [0.2, 0.25) is 17.7 Å². The van der Waals surface area contributed by atoms with Crippen molar-refractivity contribution in [3.05, 3.63) is 0 Å². The van der Waals surface area contributed by atoms with Crippen LogP contribution in [-0.4, -0.2) is 466 Å². The van der Waals surface area contributed by atoms with E-state index in [1.807, 2.05) is 0 Å². The van der Waals surface area contributed by atoms with Gasteiger partial charge in [0.15, 0.2) is 56.6 Å². The van der Waals surface area contributed by atoms with E-state index in [4.69, 9.17) is 102 Å². The molecule has 48 nitrogen and oxygen atoms in total. The van der Waals surface area contributed by atoms with E-state index < -0.39 is 304 Å². The second-order valence-electron chi connectivity index (χ2n) is 27.5. The van der Waals surface area contributed by atoms with Gasteiger partial charge in [-0.3, -0.25) is 14.4 Å². The highest BCUT2D eigenvalue weighted by atomic mass is 16.8. The first-order valence-corrected chi connectivity index (χ1v) is 36.9. The van der Waals surface area contributed by atoms with Crippen LogP contribution >= 0.6 is 0 Å². The normalized spacial score (nSPS) is 43.6. The molecule has 0 aromatic heterocycles. The van der Waals surface area contributed by atoms with E-state index in [2.05, 4.69) is 21.7 Å². The summed E-state index contributed by atoms with van der Waals surface area (Å²) in [6, 6.07) is -3.97. The summed E-state index contributed by atoms with van der Waals surface area (Å²) in [5.74, 6) is -0.928. The third-order valence-electron chi connectivity index (χ3n) is 19.5. The highest BCUT2D eigenvalue weighted by molar-refractivity contribution is 5.73. The van der Waals surface area contributed by atoms with Crippen molar-refractivity contribution >= 4 is 17.7 Å². The molecule has 0 aliphatic carbocycles. The molecule has 9 fully saturated rings. The SMILES string of the molecule is CN.CNC(C)=O.CO.CO[C@@H]1O[C@@H](CO)[C@@H](O[C@H]2CC(O)[C@H](O[C@@H]3O[C@@H](CO)CC(O)C3N)C(CO)O2)C(O)C1N.CO[C@@H]1O[C@@H](CO)[C@@H](O[C@H]2CC(O)[C@H](O[C@@H]3O[C@@H](CO)CC(O)C3NC(C)=O)C(CO)O2)C(O)C1NC(C)=O.CO[C@@H]1O[C@@H](CO)[C@@H](O[C@H]2CC(O)[C@H](O[C@@H]3O[C@@H](CO)CC(O)C3O)C(CO)O2)C(O)C1O. The average Bonchev–Trinajstić information content (AvgIpc) is 0.787. The average molecular weight is 1680 g/mol. The zero-order valence-electron chi connectivity index (χ0n) is 64.8. The maximum Gasteiger partial charge on any atom is 0.217 e. The molecule has 0 radical (unpaired) electrons. The summed E-state index contributed by atoms with van der Waals surface area (Å²) in [6.07, 6.45) is -41.1. The summed E-state index contributed by atoms with van der Waals surface area (Å²) < 4.78 is 100. The van der Waals surface area contributed by atoms with Gasteiger partial charge in [-0.05, 0) is 7.05 Å². The molecule has 9 rings (SSSR count). The number of hydrogen-bond acceptors (Lipinski definition) is 45. The molecule has 672 valence electrons. The first-order chi connectivity index (χ1) is 54.2. The summed E-state index contributed by atoms with van der Waals surface area (Å²) in [5, 5.41) is 216. The van der Waals surface area contributed by atoms with Crippen LogP contribution in [-0.2, 0) is 99.6 Å². The van der Waals surface area contributed by atoms with Crippen LogP contribution in [0.5, 0.6) is 0 Å². The lowest BCUT2D eigenvalue weighted by Gasteiger charge is -2.47. The minimum atomic E-state index is -1.51. The Morgan fingerprint density at radius 3 is 1.04 bits per heavy atom. The molecule has 0 bridgehead atoms. The van der Waals surface area contributed by atoms with Crippen molar-refractivity contribution in [1.82, 2.24) is 16.0 Å². The molecule has 0 saturated carbocycles. The lowest BCUT2D eigenvalue weighted by atomic mass is 9.96. The van der Waals surface area contributed by atoms with E-state index in [9.17, 15) is 117 Å². The molecule has 39 atom stereocenters. The molecule has 3 amide bonds. The molecule has 9 aliphatic rings. The smallest absolute Gasteiger partial charge is 0.217 e. The van der Waals surface area contributed by atoms with Crippen molar-refractivity contribution in [3.63, 3.8) is 0 Å². The van der Waals surface area contributed by atoms with E-state index >= 15 is 0 Å². The van der Waals surface area contributed by atoms with Crippen molar-refractivity contribution in [2.24, 2.45) is 17.2 Å². The topological polar surface area (TPSA) is 756 Å². The number of hydrogen-bond donors (Lipinski definition) is 27. The lowest BCUT2D eigenvalue weighted by molar-refractivity contribution is -0.356. The van der Waals surface area contributed by atoms with Crippen LogP contribution in [0.3, 0.4) is 0 Å². The van der Waals surface area contributed by atoms with Crippen molar-refractivity contribution < 1.29 is 207 Å². The summed E-state index contributed by atoms with van der Waals surface area (Å²) >= 11 is 0. The fraction of sp³-hybridized carbons (Fsp3) is 0.955. The fourth-order valence-electron chi connectivity index (χ4n) is 13.5. The number of methoxy groups -OCH3 is 3. The number of rotatable bonds is 26. The van der Waals surface area contributed by atoms with Gasteiger partial charge in [-0.25, -0.2) is 0 Å². The quantitative estimate of drug-likeness (QED) is 0.0382. The molecule has 9 aliphatic heterocycles. The van der Waals surface area contributed by atoms with Gasteiger partial charge >= 0.3 is 0 Å². The number of aliphatic hydroxyl groups is 21. The molecule has 48 heteroatoms. The minimum Gasteiger partial charge on any atom is -0.400 e. The third-order valence-corrected chi connectivity index (χ3v) is 19.5. The summed E-state index contributed by atoms with van der Waals surface area (Å²) in [7, 11) is 8.02. The number of ether oxygens (including phenoxy) is 18. The number of nitrogens with two attached hydrogens (primary N) is 3. The van der Waals surface area contributed by atoms with Gasteiger partial charge in [0.1, 0.15) is 116 Å². The van der Waals surface area contributed by atoms with E-state index in [0.29, 0.717) is 0 Å². The van der Waals surface area contributed by atoms with Crippen LogP contribution in [0.1, 0.15) is 59.3 Å². The molecule has 9 heterocycles. The molecule has 114 heavy (non-hydrogen) atoms. The predicted octanol–water partition coefficient (Wildman–Crippen LogP) is -15.4. The maximum atomic E-state index is 11.7. The Balaban J connectivity index is 0.000000343. The van der Waals surface area contributed by atoms with Gasteiger partial charge in [0.05, 0.1) is 126 Å². The van der Waals surface area contributed by atoms with Crippen molar-refractivity contribution in [2.75, 3.05) is 102 Å². The Bertz CT molecular complexity index is 2560. The molecule has 0 aromatic carbocycles. The largest absolute Gasteiger partial charge is 0.400 e. The van der Waals surface area contributed by atoms with Crippen LogP contribution in [0.25, 0.3) is 0 Å². The maximum absolute atomic E-state index is 11.7.